The van der Waals surface area contributed by atoms with E-state index < -0.39 is 0 Å². The Morgan fingerprint density at radius 3 is 2.42 bits per heavy atom. The van der Waals surface area contributed by atoms with Gasteiger partial charge in [-0.2, -0.15) is 0 Å². The summed E-state index contributed by atoms with van der Waals surface area (Å²) in [6.07, 6.45) is 7.07. The Kier molecular flexibility index (Phi) is 7.49. The molecule has 2 heterocycles. The predicted molar refractivity (Wildman–Crippen MR) is 128 cm³/mol. The SMILES string of the molecule is COc1ccc(N2CCN([C@H]3CCCN(C/C=C/c4ccccc4OC)C3)CC2)cc1. The third-order valence-electron chi connectivity index (χ3n) is 6.55. The number of anilines is 1. The first-order valence-corrected chi connectivity index (χ1v) is 11.4. The smallest absolute Gasteiger partial charge is 0.126 e. The van der Waals surface area contributed by atoms with Crippen molar-refractivity contribution in [2.24, 2.45) is 0 Å². The second-order valence-corrected chi connectivity index (χ2v) is 8.42. The molecule has 2 aliphatic rings. The van der Waals surface area contributed by atoms with Crippen LogP contribution in [0, 0.1) is 0 Å². The fraction of sp³-hybridized carbons (Fsp3) is 0.462. The van der Waals surface area contributed by atoms with Gasteiger partial charge in [0.25, 0.3) is 0 Å². The molecule has 0 unspecified atom stereocenters. The largest absolute Gasteiger partial charge is 0.497 e. The van der Waals surface area contributed by atoms with Crippen molar-refractivity contribution in [2.45, 2.75) is 18.9 Å². The number of likely N-dealkylation sites (tertiary alicyclic amines) is 1. The van der Waals surface area contributed by atoms with Gasteiger partial charge < -0.3 is 14.4 Å². The number of rotatable bonds is 7. The summed E-state index contributed by atoms with van der Waals surface area (Å²) >= 11 is 0. The van der Waals surface area contributed by atoms with Gasteiger partial charge in [0.05, 0.1) is 14.2 Å². The zero-order valence-electron chi connectivity index (χ0n) is 18.9. The molecule has 0 aliphatic carbocycles. The molecule has 0 amide bonds. The maximum Gasteiger partial charge on any atom is 0.126 e. The van der Waals surface area contributed by atoms with Crippen LogP contribution in [0.3, 0.4) is 0 Å². The van der Waals surface area contributed by atoms with Gasteiger partial charge in [-0.25, -0.2) is 0 Å². The molecule has 0 spiro atoms. The lowest BCUT2D eigenvalue weighted by Gasteiger charge is -2.43. The van der Waals surface area contributed by atoms with Crippen LogP contribution in [0.15, 0.2) is 54.6 Å². The van der Waals surface area contributed by atoms with Crippen molar-refractivity contribution in [1.82, 2.24) is 9.80 Å². The molecular weight excluding hydrogens is 386 g/mol. The van der Waals surface area contributed by atoms with E-state index in [0.29, 0.717) is 6.04 Å². The van der Waals surface area contributed by atoms with Crippen LogP contribution in [-0.4, -0.2) is 75.9 Å². The molecular formula is C26H35N3O2. The Morgan fingerprint density at radius 1 is 0.903 bits per heavy atom. The number of nitrogens with zero attached hydrogens (tertiary/aromatic N) is 3. The highest BCUT2D eigenvalue weighted by Gasteiger charge is 2.27. The average Bonchev–Trinajstić information content (AvgIpc) is 2.85. The number of benzene rings is 2. The summed E-state index contributed by atoms with van der Waals surface area (Å²) < 4.78 is 10.7. The minimum absolute atomic E-state index is 0.673. The third-order valence-corrected chi connectivity index (χ3v) is 6.55. The molecule has 2 aromatic rings. The summed E-state index contributed by atoms with van der Waals surface area (Å²) in [6.45, 7) is 7.83. The first-order valence-electron chi connectivity index (χ1n) is 11.4. The van der Waals surface area contributed by atoms with Crippen molar-refractivity contribution in [3.63, 3.8) is 0 Å². The van der Waals surface area contributed by atoms with Gasteiger partial charge in [-0.3, -0.25) is 9.80 Å². The monoisotopic (exact) mass is 421 g/mol. The van der Waals surface area contributed by atoms with E-state index in [1.54, 1.807) is 14.2 Å². The van der Waals surface area contributed by atoms with Crippen LogP contribution < -0.4 is 14.4 Å². The van der Waals surface area contributed by atoms with E-state index >= 15 is 0 Å². The van der Waals surface area contributed by atoms with Gasteiger partial charge in [0.15, 0.2) is 0 Å². The van der Waals surface area contributed by atoms with E-state index in [2.05, 4.69) is 63.2 Å². The van der Waals surface area contributed by atoms with Crippen molar-refractivity contribution in [3.8, 4) is 11.5 Å². The van der Waals surface area contributed by atoms with Gasteiger partial charge in [-0.05, 0) is 49.7 Å². The molecule has 5 nitrogen and oxygen atoms in total. The van der Waals surface area contributed by atoms with E-state index in [1.807, 2.05) is 12.1 Å². The van der Waals surface area contributed by atoms with Crippen LogP contribution in [0.25, 0.3) is 6.08 Å². The molecule has 2 aliphatic heterocycles. The first kappa shape index (κ1) is 21.7. The lowest BCUT2D eigenvalue weighted by molar-refractivity contribution is 0.0991. The standard InChI is InChI=1S/C26H35N3O2/c1-30-25-13-11-23(12-14-25)28-17-19-29(20-18-28)24-9-6-16-27(21-24)15-5-8-22-7-3-4-10-26(22)31-2/h3-5,7-8,10-14,24H,6,9,15-21H2,1-2H3/b8-5+/t24-/m0/s1. The van der Waals surface area contributed by atoms with E-state index in [0.717, 1.165) is 49.8 Å². The quantitative estimate of drug-likeness (QED) is 0.674. The Balaban J connectivity index is 1.26. The molecule has 2 aromatic carbocycles. The Morgan fingerprint density at radius 2 is 1.68 bits per heavy atom. The number of para-hydroxylation sites is 1. The number of piperazine rings is 1. The van der Waals surface area contributed by atoms with Crippen molar-refractivity contribution < 1.29 is 9.47 Å². The van der Waals surface area contributed by atoms with Crippen LogP contribution in [0.4, 0.5) is 5.69 Å². The third kappa shape index (κ3) is 5.60. The highest BCUT2D eigenvalue weighted by atomic mass is 16.5. The van der Waals surface area contributed by atoms with Gasteiger partial charge >= 0.3 is 0 Å². The van der Waals surface area contributed by atoms with Crippen LogP contribution in [0.1, 0.15) is 18.4 Å². The van der Waals surface area contributed by atoms with Crippen molar-refractivity contribution >= 4 is 11.8 Å². The maximum atomic E-state index is 5.45. The number of ether oxygens (including phenoxy) is 2. The topological polar surface area (TPSA) is 28.2 Å². The zero-order chi connectivity index (χ0) is 21.5. The highest BCUT2D eigenvalue weighted by Crippen LogP contribution is 2.23. The molecule has 0 bridgehead atoms. The number of piperidine rings is 1. The van der Waals surface area contributed by atoms with E-state index in [1.165, 1.54) is 31.6 Å². The highest BCUT2D eigenvalue weighted by molar-refractivity contribution is 5.57. The fourth-order valence-electron chi connectivity index (χ4n) is 4.77. The molecule has 2 fully saturated rings. The molecule has 2 saturated heterocycles. The normalized spacial score (nSPS) is 20.8. The van der Waals surface area contributed by atoms with Crippen molar-refractivity contribution in [2.75, 3.05) is 64.9 Å². The maximum absolute atomic E-state index is 5.45. The Hall–Kier alpha value is -2.50. The summed E-state index contributed by atoms with van der Waals surface area (Å²) in [6, 6.07) is 17.3. The zero-order valence-corrected chi connectivity index (χ0v) is 18.9. The Labute approximate surface area is 186 Å². The molecule has 31 heavy (non-hydrogen) atoms. The van der Waals surface area contributed by atoms with Crippen molar-refractivity contribution in [1.29, 1.82) is 0 Å². The predicted octanol–water partition coefficient (Wildman–Crippen LogP) is 4.00. The van der Waals surface area contributed by atoms with Gasteiger partial charge in [-0.1, -0.05) is 30.4 Å². The van der Waals surface area contributed by atoms with Gasteiger partial charge in [0.2, 0.25) is 0 Å². The molecule has 0 N–H and O–H groups in total. The summed E-state index contributed by atoms with van der Waals surface area (Å²) in [7, 11) is 3.45. The second-order valence-electron chi connectivity index (χ2n) is 8.42. The van der Waals surface area contributed by atoms with Crippen LogP contribution >= 0.6 is 0 Å². The van der Waals surface area contributed by atoms with E-state index in [9.17, 15) is 0 Å². The second kappa shape index (κ2) is 10.7. The molecule has 1 atom stereocenters. The molecule has 5 heteroatoms. The minimum Gasteiger partial charge on any atom is -0.497 e. The number of hydrogen-bond donors (Lipinski definition) is 0. The number of hydrogen-bond acceptors (Lipinski definition) is 5. The van der Waals surface area contributed by atoms with E-state index in [-0.39, 0.29) is 0 Å². The van der Waals surface area contributed by atoms with E-state index in [4.69, 9.17) is 9.47 Å². The van der Waals surface area contributed by atoms with Crippen LogP contribution in [0.2, 0.25) is 0 Å². The molecule has 4 rings (SSSR count). The number of methoxy groups -OCH3 is 2. The summed E-state index contributed by atoms with van der Waals surface area (Å²) in [5.41, 5.74) is 2.44. The van der Waals surface area contributed by atoms with Crippen LogP contribution in [-0.2, 0) is 0 Å². The Bertz CT molecular complexity index is 844. The molecule has 166 valence electrons. The molecule has 0 saturated carbocycles. The molecule has 0 radical (unpaired) electrons. The summed E-state index contributed by atoms with van der Waals surface area (Å²) in [5.74, 6) is 1.86. The minimum atomic E-state index is 0.673. The van der Waals surface area contributed by atoms with Gasteiger partial charge in [0.1, 0.15) is 11.5 Å². The average molecular weight is 422 g/mol. The first-order chi connectivity index (χ1) is 15.3. The lowest BCUT2D eigenvalue weighted by atomic mass is 10.0. The fourth-order valence-corrected chi connectivity index (χ4v) is 4.77. The van der Waals surface area contributed by atoms with Crippen molar-refractivity contribution in [3.05, 3.63) is 60.2 Å². The van der Waals surface area contributed by atoms with Crippen LogP contribution in [0.5, 0.6) is 11.5 Å². The molecule has 0 aromatic heterocycles. The van der Waals surface area contributed by atoms with Gasteiger partial charge in [0, 0.05) is 56.6 Å². The van der Waals surface area contributed by atoms with Gasteiger partial charge in [-0.15, -0.1) is 0 Å². The lowest BCUT2D eigenvalue weighted by Crippen LogP contribution is -2.55. The summed E-state index contributed by atoms with van der Waals surface area (Å²) in [5, 5.41) is 0. The summed E-state index contributed by atoms with van der Waals surface area (Å²) in [4.78, 5) is 7.79.